The zero-order valence-electron chi connectivity index (χ0n) is 13.6. The average molecular weight is 394 g/mol. The lowest BCUT2D eigenvalue weighted by Gasteiger charge is -2.30. The van der Waals surface area contributed by atoms with E-state index in [-0.39, 0.29) is 29.2 Å². The van der Waals surface area contributed by atoms with Crippen LogP contribution in [0.3, 0.4) is 0 Å². The van der Waals surface area contributed by atoms with Gasteiger partial charge in [0.05, 0.1) is 6.04 Å². The van der Waals surface area contributed by atoms with E-state index in [1.165, 1.54) is 29.7 Å². The Balaban J connectivity index is 0.00000208. The van der Waals surface area contributed by atoms with Crippen LogP contribution in [0, 0.1) is 0 Å². The van der Waals surface area contributed by atoms with Gasteiger partial charge in [0.25, 0.3) is 5.89 Å². The molecule has 0 aromatic carbocycles. The third-order valence-corrected chi connectivity index (χ3v) is 6.72. The van der Waals surface area contributed by atoms with E-state index in [2.05, 4.69) is 20.4 Å². The zero-order valence-corrected chi connectivity index (χ0v) is 16.0. The van der Waals surface area contributed by atoms with Gasteiger partial charge in [-0.15, -0.1) is 23.7 Å². The van der Waals surface area contributed by atoms with Gasteiger partial charge in [-0.3, -0.25) is 4.90 Å². The molecule has 0 spiro atoms. The fourth-order valence-corrected chi connectivity index (χ4v) is 4.62. The van der Waals surface area contributed by atoms with Crippen molar-refractivity contribution in [3.05, 3.63) is 17.3 Å². The van der Waals surface area contributed by atoms with Gasteiger partial charge in [-0.1, -0.05) is 5.16 Å². The number of halogens is 1. The van der Waals surface area contributed by atoms with E-state index < -0.39 is 10.0 Å². The van der Waals surface area contributed by atoms with Crippen LogP contribution in [0.1, 0.15) is 11.9 Å². The summed E-state index contributed by atoms with van der Waals surface area (Å²) >= 11 is 1.28. The maximum absolute atomic E-state index is 12.4. The van der Waals surface area contributed by atoms with E-state index in [0.717, 1.165) is 19.6 Å². The molecule has 134 valence electrons. The molecule has 8 nitrogen and oxygen atoms in total. The molecule has 1 aliphatic rings. The highest BCUT2D eigenvalue weighted by Crippen LogP contribution is 2.33. The summed E-state index contributed by atoms with van der Waals surface area (Å²) in [5.41, 5.74) is 0. The first kappa shape index (κ1) is 19.3. The molecule has 2 aromatic rings. The number of nitrogens with zero attached hydrogens (tertiary/aromatic N) is 4. The molecule has 1 N–H and O–H groups in total. The van der Waals surface area contributed by atoms with Crippen molar-refractivity contribution in [2.75, 3.05) is 40.8 Å². The second kappa shape index (κ2) is 7.46. The average Bonchev–Trinajstić information content (AvgIpc) is 3.16. The van der Waals surface area contributed by atoms with Gasteiger partial charge in [0.2, 0.25) is 10.0 Å². The number of piperazine rings is 1. The van der Waals surface area contributed by atoms with Crippen molar-refractivity contribution in [1.29, 1.82) is 0 Å². The Bertz CT molecular complexity index is 789. The molecule has 1 aliphatic heterocycles. The maximum Gasteiger partial charge on any atom is 0.269 e. The summed E-state index contributed by atoms with van der Waals surface area (Å²) in [5.74, 6) is 0.811. The number of nitrogens with one attached hydrogen (secondary N) is 1. The van der Waals surface area contributed by atoms with Gasteiger partial charge < -0.3 is 9.84 Å². The first-order valence-corrected chi connectivity index (χ1v) is 9.48. The van der Waals surface area contributed by atoms with E-state index in [1.807, 2.05) is 7.05 Å². The third kappa shape index (κ3) is 3.48. The lowest BCUT2D eigenvalue weighted by Crippen LogP contribution is -2.44. The van der Waals surface area contributed by atoms with Gasteiger partial charge in [0.15, 0.2) is 5.82 Å². The molecule has 1 unspecified atom stereocenters. The smallest absolute Gasteiger partial charge is 0.269 e. The summed E-state index contributed by atoms with van der Waals surface area (Å²) in [7, 11) is 1.46. The van der Waals surface area contributed by atoms with E-state index in [4.69, 9.17) is 4.52 Å². The van der Waals surface area contributed by atoms with Crippen LogP contribution in [0.2, 0.25) is 0 Å². The molecule has 1 atom stereocenters. The van der Waals surface area contributed by atoms with Gasteiger partial charge in [-0.2, -0.15) is 4.98 Å². The molecule has 0 saturated carbocycles. The van der Waals surface area contributed by atoms with Crippen molar-refractivity contribution < 1.29 is 12.9 Å². The summed E-state index contributed by atoms with van der Waals surface area (Å²) in [6.45, 7) is 2.56. The SMILES string of the molecule is CN1CCNCC1c1noc(-c2sccc2S(=O)(=O)N(C)C)n1.Cl. The van der Waals surface area contributed by atoms with Crippen molar-refractivity contribution in [3.63, 3.8) is 0 Å². The number of hydrogen-bond donors (Lipinski definition) is 1. The molecule has 0 amide bonds. The van der Waals surface area contributed by atoms with Crippen LogP contribution in [0.5, 0.6) is 0 Å². The third-order valence-electron chi connectivity index (χ3n) is 3.83. The summed E-state index contributed by atoms with van der Waals surface area (Å²) < 4.78 is 31.3. The molecule has 11 heteroatoms. The van der Waals surface area contributed by atoms with Crippen LogP contribution in [0.25, 0.3) is 10.8 Å². The highest BCUT2D eigenvalue weighted by Gasteiger charge is 2.29. The highest BCUT2D eigenvalue weighted by molar-refractivity contribution is 7.89. The van der Waals surface area contributed by atoms with Crippen LogP contribution < -0.4 is 5.32 Å². The van der Waals surface area contributed by atoms with Gasteiger partial charge >= 0.3 is 0 Å². The molecule has 2 aromatic heterocycles. The molecule has 0 radical (unpaired) electrons. The summed E-state index contributed by atoms with van der Waals surface area (Å²) in [6.07, 6.45) is 0. The quantitative estimate of drug-likeness (QED) is 0.829. The fourth-order valence-electron chi connectivity index (χ4n) is 2.41. The normalized spacial score (nSPS) is 19.4. The fraction of sp³-hybridized carbons (Fsp3) is 0.538. The predicted molar refractivity (Wildman–Crippen MR) is 94.0 cm³/mol. The highest BCUT2D eigenvalue weighted by atomic mass is 35.5. The second-order valence-electron chi connectivity index (χ2n) is 5.56. The Labute approximate surface area is 151 Å². The maximum atomic E-state index is 12.4. The lowest BCUT2D eigenvalue weighted by atomic mass is 10.2. The van der Waals surface area contributed by atoms with Crippen LogP contribution in [-0.2, 0) is 10.0 Å². The van der Waals surface area contributed by atoms with Gasteiger partial charge in [-0.05, 0) is 18.5 Å². The van der Waals surface area contributed by atoms with Gasteiger partial charge in [0, 0.05) is 33.7 Å². The van der Waals surface area contributed by atoms with Gasteiger partial charge in [0.1, 0.15) is 9.77 Å². The van der Waals surface area contributed by atoms with E-state index >= 15 is 0 Å². The second-order valence-corrected chi connectivity index (χ2v) is 8.60. The Kier molecular flexibility index (Phi) is 6.00. The summed E-state index contributed by atoms with van der Waals surface area (Å²) in [5, 5.41) is 9.05. The van der Waals surface area contributed by atoms with Crippen molar-refractivity contribution in [1.82, 2.24) is 24.7 Å². The number of likely N-dealkylation sites (N-methyl/N-ethyl adjacent to an activating group) is 1. The molecule has 3 heterocycles. The molecule has 24 heavy (non-hydrogen) atoms. The molecule has 3 rings (SSSR count). The molecular formula is C13H20ClN5O3S2. The molecule has 1 fully saturated rings. The Morgan fingerprint density at radius 1 is 1.46 bits per heavy atom. The Hall–Kier alpha value is -1.04. The zero-order chi connectivity index (χ0) is 16.6. The van der Waals surface area contributed by atoms with Crippen molar-refractivity contribution in [3.8, 4) is 10.8 Å². The predicted octanol–water partition coefficient (Wildman–Crippen LogP) is 1.05. The van der Waals surface area contributed by atoms with Crippen molar-refractivity contribution in [2.45, 2.75) is 10.9 Å². The van der Waals surface area contributed by atoms with E-state index in [1.54, 1.807) is 11.4 Å². The first-order chi connectivity index (χ1) is 10.9. The number of hydrogen-bond acceptors (Lipinski definition) is 8. The van der Waals surface area contributed by atoms with E-state index in [9.17, 15) is 8.42 Å². The molecule has 1 saturated heterocycles. The standard InChI is InChI=1S/C13H19N5O3S2.ClH/c1-17(2)23(19,20)10-4-7-22-11(10)13-15-12(16-21-13)9-8-14-5-6-18(9)3;/h4,7,9,14H,5-6,8H2,1-3H3;1H. The summed E-state index contributed by atoms with van der Waals surface area (Å²) in [6, 6.07) is 1.59. The largest absolute Gasteiger partial charge is 0.333 e. The number of rotatable bonds is 4. The van der Waals surface area contributed by atoms with Crippen molar-refractivity contribution in [2.24, 2.45) is 0 Å². The topological polar surface area (TPSA) is 91.6 Å². The number of sulfonamides is 1. The molecule has 0 aliphatic carbocycles. The molecular weight excluding hydrogens is 374 g/mol. The molecule has 0 bridgehead atoms. The van der Waals surface area contributed by atoms with E-state index in [0.29, 0.717) is 10.7 Å². The van der Waals surface area contributed by atoms with Crippen LogP contribution >= 0.6 is 23.7 Å². The van der Waals surface area contributed by atoms with Crippen LogP contribution in [0.15, 0.2) is 20.9 Å². The number of aromatic nitrogens is 2. The number of thiophene rings is 1. The Morgan fingerprint density at radius 3 is 2.88 bits per heavy atom. The van der Waals surface area contributed by atoms with Gasteiger partial charge in [-0.25, -0.2) is 12.7 Å². The minimum Gasteiger partial charge on any atom is -0.333 e. The minimum absolute atomic E-state index is 0. The minimum atomic E-state index is -3.55. The first-order valence-electron chi connectivity index (χ1n) is 7.16. The van der Waals surface area contributed by atoms with Crippen LogP contribution in [0.4, 0.5) is 0 Å². The monoisotopic (exact) mass is 393 g/mol. The Morgan fingerprint density at radius 2 is 2.21 bits per heavy atom. The summed E-state index contributed by atoms with van der Waals surface area (Å²) in [4.78, 5) is 7.25. The van der Waals surface area contributed by atoms with Crippen LogP contribution in [-0.4, -0.2) is 68.5 Å². The van der Waals surface area contributed by atoms with Crippen molar-refractivity contribution >= 4 is 33.8 Å². The lowest BCUT2D eigenvalue weighted by molar-refractivity contribution is 0.190.